The van der Waals surface area contributed by atoms with Crippen LogP contribution in [0.4, 0.5) is 5.82 Å². The first-order valence-electron chi connectivity index (χ1n) is 6.34. The molecule has 0 bridgehead atoms. The van der Waals surface area contributed by atoms with Gasteiger partial charge in [-0.2, -0.15) is 0 Å². The summed E-state index contributed by atoms with van der Waals surface area (Å²) in [6, 6.07) is 5.89. The van der Waals surface area contributed by atoms with Crippen LogP contribution in [0.2, 0.25) is 0 Å². The topological polar surface area (TPSA) is 54.2 Å². The van der Waals surface area contributed by atoms with E-state index in [4.69, 9.17) is 5.84 Å². The second-order valence-corrected chi connectivity index (χ2v) is 4.50. The van der Waals surface area contributed by atoms with Gasteiger partial charge in [-0.05, 0) is 24.6 Å². The summed E-state index contributed by atoms with van der Waals surface area (Å²) >= 11 is 0. The average Bonchev–Trinajstić information content (AvgIpc) is 2.37. The summed E-state index contributed by atoms with van der Waals surface area (Å²) < 4.78 is 0. The Hall–Kier alpha value is -1.13. The highest BCUT2D eigenvalue weighted by atomic mass is 15.3. The summed E-state index contributed by atoms with van der Waals surface area (Å²) in [5.41, 5.74) is 3.64. The van der Waals surface area contributed by atoms with E-state index in [1.165, 1.54) is 6.42 Å². The van der Waals surface area contributed by atoms with Gasteiger partial charge in [0.25, 0.3) is 0 Å². The highest BCUT2D eigenvalue weighted by molar-refractivity contribution is 5.33. The van der Waals surface area contributed by atoms with Crippen molar-refractivity contribution in [2.75, 3.05) is 18.5 Å². The van der Waals surface area contributed by atoms with Crippen molar-refractivity contribution >= 4 is 5.82 Å². The number of hydrazine groups is 1. The van der Waals surface area contributed by atoms with Crippen LogP contribution in [0.25, 0.3) is 0 Å². The SMILES string of the molecule is CCC(C)CN(CC)Cc1cccc(NN)n1. The predicted octanol–water partition coefficient (Wildman–Crippen LogP) is 2.24. The number of pyridine rings is 1. The fourth-order valence-electron chi connectivity index (χ4n) is 1.75. The molecule has 1 unspecified atom stereocenters. The molecule has 0 fully saturated rings. The average molecular weight is 236 g/mol. The number of aromatic nitrogens is 1. The van der Waals surface area contributed by atoms with Gasteiger partial charge in [0.1, 0.15) is 5.82 Å². The molecule has 1 rings (SSSR count). The van der Waals surface area contributed by atoms with Crippen molar-refractivity contribution in [3.8, 4) is 0 Å². The van der Waals surface area contributed by atoms with E-state index < -0.39 is 0 Å². The van der Waals surface area contributed by atoms with Gasteiger partial charge in [-0.25, -0.2) is 10.8 Å². The van der Waals surface area contributed by atoms with Crippen molar-refractivity contribution in [3.05, 3.63) is 23.9 Å². The lowest BCUT2D eigenvalue weighted by Crippen LogP contribution is -2.28. The Kier molecular flexibility index (Phi) is 5.94. The summed E-state index contributed by atoms with van der Waals surface area (Å²) in [5.74, 6) is 6.81. The lowest BCUT2D eigenvalue weighted by Gasteiger charge is -2.23. The number of nitrogen functional groups attached to an aromatic ring is 1. The Labute approximate surface area is 104 Å². The Morgan fingerprint density at radius 3 is 2.76 bits per heavy atom. The summed E-state index contributed by atoms with van der Waals surface area (Å²) in [4.78, 5) is 6.85. The third-order valence-electron chi connectivity index (χ3n) is 3.05. The highest BCUT2D eigenvalue weighted by Crippen LogP contribution is 2.09. The van der Waals surface area contributed by atoms with E-state index in [-0.39, 0.29) is 0 Å². The first-order valence-corrected chi connectivity index (χ1v) is 6.34. The van der Waals surface area contributed by atoms with Crippen molar-refractivity contribution in [2.24, 2.45) is 11.8 Å². The molecule has 0 aromatic carbocycles. The van der Waals surface area contributed by atoms with E-state index in [1.54, 1.807) is 0 Å². The van der Waals surface area contributed by atoms with Gasteiger partial charge < -0.3 is 5.43 Å². The van der Waals surface area contributed by atoms with Crippen molar-refractivity contribution in [2.45, 2.75) is 33.7 Å². The van der Waals surface area contributed by atoms with Crippen LogP contribution in [-0.2, 0) is 6.54 Å². The van der Waals surface area contributed by atoms with Gasteiger partial charge in [0.15, 0.2) is 0 Å². The van der Waals surface area contributed by atoms with Crippen molar-refractivity contribution < 1.29 is 0 Å². The Balaban J connectivity index is 2.60. The zero-order valence-electron chi connectivity index (χ0n) is 11.1. The normalized spacial score (nSPS) is 12.8. The minimum absolute atomic E-state index is 0.724. The number of nitrogens with two attached hydrogens (primary N) is 1. The predicted molar refractivity (Wildman–Crippen MR) is 72.5 cm³/mol. The van der Waals surface area contributed by atoms with E-state index in [0.717, 1.165) is 37.1 Å². The molecule has 1 atom stereocenters. The first kappa shape index (κ1) is 13.9. The van der Waals surface area contributed by atoms with Gasteiger partial charge in [0.2, 0.25) is 0 Å². The van der Waals surface area contributed by atoms with Gasteiger partial charge in [0, 0.05) is 13.1 Å². The van der Waals surface area contributed by atoms with Crippen LogP contribution >= 0.6 is 0 Å². The van der Waals surface area contributed by atoms with E-state index >= 15 is 0 Å². The van der Waals surface area contributed by atoms with Crippen LogP contribution < -0.4 is 11.3 Å². The van der Waals surface area contributed by atoms with E-state index in [2.05, 4.69) is 36.1 Å². The first-order chi connectivity index (χ1) is 8.19. The lowest BCUT2D eigenvalue weighted by atomic mass is 10.1. The third-order valence-corrected chi connectivity index (χ3v) is 3.05. The largest absolute Gasteiger partial charge is 0.308 e. The molecule has 0 aliphatic carbocycles. The maximum Gasteiger partial charge on any atom is 0.140 e. The van der Waals surface area contributed by atoms with Gasteiger partial charge in [-0.3, -0.25) is 4.90 Å². The monoisotopic (exact) mass is 236 g/mol. The van der Waals surface area contributed by atoms with Crippen LogP contribution in [0, 0.1) is 5.92 Å². The highest BCUT2D eigenvalue weighted by Gasteiger charge is 2.08. The van der Waals surface area contributed by atoms with Crippen molar-refractivity contribution in [1.29, 1.82) is 0 Å². The number of rotatable bonds is 7. The minimum atomic E-state index is 0.724. The van der Waals surface area contributed by atoms with Crippen LogP contribution in [0.3, 0.4) is 0 Å². The molecule has 0 radical (unpaired) electrons. The molecule has 1 aromatic rings. The molecule has 0 aliphatic heterocycles. The summed E-state index contributed by atoms with van der Waals surface area (Å²) in [6.07, 6.45) is 1.22. The molecule has 17 heavy (non-hydrogen) atoms. The summed E-state index contributed by atoms with van der Waals surface area (Å²) in [7, 11) is 0. The van der Waals surface area contributed by atoms with Gasteiger partial charge in [-0.1, -0.05) is 33.3 Å². The maximum atomic E-state index is 5.36. The second-order valence-electron chi connectivity index (χ2n) is 4.50. The molecular weight excluding hydrogens is 212 g/mol. The van der Waals surface area contributed by atoms with Crippen molar-refractivity contribution in [3.63, 3.8) is 0 Å². The molecule has 1 heterocycles. The summed E-state index contributed by atoms with van der Waals surface area (Å²) in [5, 5.41) is 0. The zero-order valence-corrected chi connectivity index (χ0v) is 11.1. The molecule has 0 saturated carbocycles. The van der Waals surface area contributed by atoms with Crippen LogP contribution in [0.5, 0.6) is 0 Å². The van der Waals surface area contributed by atoms with Crippen molar-refractivity contribution in [1.82, 2.24) is 9.88 Å². The number of nitrogens with one attached hydrogen (secondary N) is 1. The fraction of sp³-hybridized carbons (Fsp3) is 0.615. The maximum absolute atomic E-state index is 5.36. The quantitative estimate of drug-likeness (QED) is 0.563. The smallest absolute Gasteiger partial charge is 0.140 e. The number of anilines is 1. The molecule has 0 saturated heterocycles. The van der Waals surface area contributed by atoms with E-state index in [9.17, 15) is 0 Å². The van der Waals surface area contributed by atoms with Crippen LogP contribution in [-0.4, -0.2) is 23.0 Å². The fourth-order valence-corrected chi connectivity index (χ4v) is 1.75. The molecular formula is C13H24N4. The van der Waals surface area contributed by atoms with Gasteiger partial charge in [-0.15, -0.1) is 0 Å². The molecule has 3 N–H and O–H groups in total. The lowest BCUT2D eigenvalue weighted by molar-refractivity contribution is 0.235. The number of nitrogens with zero attached hydrogens (tertiary/aromatic N) is 2. The van der Waals surface area contributed by atoms with Crippen LogP contribution in [0.15, 0.2) is 18.2 Å². The zero-order chi connectivity index (χ0) is 12.7. The molecule has 0 aliphatic rings. The Bertz CT molecular complexity index is 327. The Morgan fingerprint density at radius 1 is 1.41 bits per heavy atom. The van der Waals surface area contributed by atoms with Gasteiger partial charge >= 0.3 is 0 Å². The number of hydrogen-bond donors (Lipinski definition) is 2. The second kappa shape index (κ2) is 7.25. The van der Waals surface area contributed by atoms with Crippen LogP contribution in [0.1, 0.15) is 32.9 Å². The number of hydrogen-bond acceptors (Lipinski definition) is 4. The molecule has 0 spiro atoms. The minimum Gasteiger partial charge on any atom is -0.308 e. The molecule has 1 aromatic heterocycles. The molecule has 0 amide bonds. The Morgan fingerprint density at radius 2 is 2.18 bits per heavy atom. The third kappa shape index (κ3) is 4.71. The van der Waals surface area contributed by atoms with E-state index in [1.807, 2.05) is 18.2 Å². The van der Waals surface area contributed by atoms with E-state index in [0.29, 0.717) is 0 Å². The molecule has 4 nitrogen and oxygen atoms in total. The standard InChI is InChI=1S/C13H24N4/c1-4-11(3)9-17(5-2)10-12-7-6-8-13(15-12)16-14/h6-8,11H,4-5,9-10,14H2,1-3H3,(H,15,16). The molecule has 4 heteroatoms. The van der Waals surface area contributed by atoms with Gasteiger partial charge in [0.05, 0.1) is 5.69 Å². The summed E-state index contributed by atoms with van der Waals surface area (Å²) in [6.45, 7) is 9.76. The molecule has 96 valence electrons.